The lowest BCUT2D eigenvalue weighted by Gasteiger charge is -2.24. The number of aryl methyl sites for hydroxylation is 1. The van der Waals surface area contributed by atoms with Crippen molar-refractivity contribution in [3.63, 3.8) is 0 Å². The number of alkyl carbamates (subject to hydrolysis) is 1. The van der Waals surface area contributed by atoms with Gasteiger partial charge in [-0.3, -0.25) is 0 Å². The number of oxazole rings is 1. The lowest BCUT2D eigenvalue weighted by Crippen LogP contribution is -2.42. The van der Waals surface area contributed by atoms with Crippen LogP contribution in [0.3, 0.4) is 0 Å². The maximum absolute atomic E-state index is 11.9. The average molecular weight is 337 g/mol. The molecule has 2 atom stereocenters. The van der Waals surface area contributed by atoms with Crippen molar-refractivity contribution in [1.82, 2.24) is 15.5 Å². The number of hydrogen-bond acceptors (Lipinski definition) is 7. The van der Waals surface area contributed by atoms with Gasteiger partial charge in [-0.25, -0.2) is 9.78 Å². The number of amides is 1. The van der Waals surface area contributed by atoms with Crippen LogP contribution in [0.5, 0.6) is 0 Å². The molecule has 132 valence electrons. The van der Waals surface area contributed by atoms with Crippen LogP contribution in [-0.4, -0.2) is 33.0 Å². The minimum atomic E-state index is -1.11. The summed E-state index contributed by atoms with van der Waals surface area (Å²) in [5, 5.41) is 16.9. The predicted molar refractivity (Wildman–Crippen MR) is 85.1 cm³/mol. The smallest absolute Gasteiger partial charge is 0.407 e. The van der Waals surface area contributed by atoms with Crippen LogP contribution in [0, 0.1) is 6.92 Å². The average Bonchev–Trinajstić information content (AvgIpc) is 3.10. The maximum Gasteiger partial charge on any atom is 0.407 e. The highest BCUT2D eigenvalue weighted by atomic mass is 16.6. The zero-order chi connectivity index (χ0) is 17.9. The molecule has 0 fully saturated rings. The monoisotopic (exact) mass is 337 g/mol. The number of carbonyl (C=O) groups excluding carboxylic acids is 1. The molecule has 0 aromatic carbocycles. The fourth-order valence-electron chi connectivity index (χ4n) is 2.06. The molecule has 0 saturated heterocycles. The summed E-state index contributed by atoms with van der Waals surface area (Å²) in [5.74, 6) is 1.11. The molecule has 0 saturated carbocycles. The molecule has 0 radical (unpaired) electrons. The number of aliphatic hydroxyl groups is 1. The van der Waals surface area contributed by atoms with Crippen molar-refractivity contribution in [2.75, 3.05) is 0 Å². The van der Waals surface area contributed by atoms with Crippen molar-refractivity contribution in [3.05, 3.63) is 23.9 Å². The maximum atomic E-state index is 11.9. The van der Waals surface area contributed by atoms with Gasteiger partial charge in [-0.2, -0.15) is 0 Å². The summed E-state index contributed by atoms with van der Waals surface area (Å²) in [6.07, 6.45) is 0.216. The van der Waals surface area contributed by atoms with Crippen molar-refractivity contribution in [2.45, 2.75) is 58.8 Å². The van der Waals surface area contributed by atoms with E-state index in [9.17, 15) is 9.90 Å². The Morgan fingerprint density at radius 3 is 2.71 bits per heavy atom. The third-order valence-electron chi connectivity index (χ3n) is 3.18. The van der Waals surface area contributed by atoms with Crippen LogP contribution in [0.15, 0.2) is 21.2 Å². The molecule has 1 amide bonds. The highest BCUT2D eigenvalue weighted by Crippen LogP contribution is 2.25. The Bertz CT molecular complexity index is 686. The third kappa shape index (κ3) is 4.58. The Labute approximate surface area is 140 Å². The van der Waals surface area contributed by atoms with Crippen LogP contribution in [0.4, 0.5) is 4.79 Å². The molecule has 2 unspecified atom stereocenters. The Kier molecular flexibility index (Phi) is 5.28. The molecule has 2 N–H and O–H groups in total. The van der Waals surface area contributed by atoms with Crippen LogP contribution in [0.1, 0.15) is 51.9 Å². The van der Waals surface area contributed by atoms with Crippen molar-refractivity contribution >= 4 is 6.09 Å². The highest BCUT2D eigenvalue weighted by Gasteiger charge is 2.28. The van der Waals surface area contributed by atoms with Gasteiger partial charge in [-0.15, -0.1) is 0 Å². The zero-order valence-electron chi connectivity index (χ0n) is 14.5. The molecule has 0 spiro atoms. The van der Waals surface area contributed by atoms with E-state index in [-0.39, 0.29) is 5.89 Å². The molecule has 0 aliphatic rings. The van der Waals surface area contributed by atoms with Gasteiger partial charge in [0.05, 0.1) is 12.2 Å². The number of rotatable bonds is 5. The van der Waals surface area contributed by atoms with Gasteiger partial charge in [0.15, 0.2) is 17.6 Å². The van der Waals surface area contributed by atoms with Crippen molar-refractivity contribution in [3.8, 4) is 11.5 Å². The van der Waals surface area contributed by atoms with Gasteiger partial charge < -0.3 is 24.1 Å². The van der Waals surface area contributed by atoms with Gasteiger partial charge in [0, 0.05) is 6.07 Å². The zero-order valence-corrected chi connectivity index (χ0v) is 14.5. The molecule has 8 heteroatoms. The van der Waals surface area contributed by atoms with Crippen molar-refractivity contribution in [2.24, 2.45) is 0 Å². The van der Waals surface area contributed by atoms with E-state index in [1.807, 2.05) is 6.92 Å². The standard InChI is InChI=1S/C16H23N3O5/c1-6-10(18-15(21)23-16(3,4)5)13(20)14-17-8-12(22-14)11-7-9(2)24-19-11/h7-8,10,13,20H,6H2,1-5H3,(H,18,21). The molecule has 2 heterocycles. The summed E-state index contributed by atoms with van der Waals surface area (Å²) >= 11 is 0. The minimum Gasteiger partial charge on any atom is -0.444 e. The second kappa shape index (κ2) is 7.04. The van der Waals surface area contributed by atoms with Gasteiger partial charge in [0.1, 0.15) is 11.4 Å². The van der Waals surface area contributed by atoms with E-state index in [2.05, 4.69) is 15.5 Å². The highest BCUT2D eigenvalue weighted by molar-refractivity contribution is 5.68. The Morgan fingerprint density at radius 1 is 1.46 bits per heavy atom. The molecule has 8 nitrogen and oxygen atoms in total. The lowest BCUT2D eigenvalue weighted by atomic mass is 10.1. The van der Waals surface area contributed by atoms with Crippen LogP contribution < -0.4 is 5.32 Å². The van der Waals surface area contributed by atoms with Crippen molar-refractivity contribution in [1.29, 1.82) is 0 Å². The van der Waals surface area contributed by atoms with Gasteiger partial charge in [-0.05, 0) is 34.1 Å². The Hall–Kier alpha value is -2.35. The number of ether oxygens (including phenoxy) is 1. The molecule has 0 aliphatic carbocycles. The number of hydrogen-bond donors (Lipinski definition) is 2. The number of carbonyl (C=O) groups is 1. The number of aromatic nitrogens is 2. The van der Waals surface area contributed by atoms with E-state index in [1.54, 1.807) is 33.8 Å². The largest absolute Gasteiger partial charge is 0.444 e. The first-order chi connectivity index (χ1) is 11.2. The van der Waals surface area contributed by atoms with Crippen molar-refractivity contribution < 1.29 is 23.6 Å². The van der Waals surface area contributed by atoms with E-state index in [0.29, 0.717) is 23.6 Å². The fraction of sp³-hybridized carbons (Fsp3) is 0.562. The molecule has 24 heavy (non-hydrogen) atoms. The predicted octanol–water partition coefficient (Wildman–Crippen LogP) is 2.97. The Morgan fingerprint density at radius 2 is 2.17 bits per heavy atom. The summed E-state index contributed by atoms with van der Waals surface area (Å²) in [4.78, 5) is 15.9. The first kappa shape index (κ1) is 18.0. The van der Waals surface area contributed by atoms with E-state index in [0.717, 1.165) is 0 Å². The molecular formula is C16H23N3O5. The quantitative estimate of drug-likeness (QED) is 0.862. The summed E-state index contributed by atoms with van der Waals surface area (Å²) in [5.41, 5.74) is -0.125. The number of nitrogens with zero attached hydrogens (tertiary/aromatic N) is 2. The van der Waals surface area contributed by atoms with Gasteiger partial charge in [0.2, 0.25) is 5.89 Å². The second-order valence-corrected chi connectivity index (χ2v) is 6.49. The normalized spacial score (nSPS) is 14.2. The van der Waals surface area contributed by atoms with E-state index < -0.39 is 23.8 Å². The number of nitrogens with one attached hydrogen (secondary N) is 1. The number of aliphatic hydroxyl groups excluding tert-OH is 1. The summed E-state index contributed by atoms with van der Waals surface area (Å²) in [6, 6.07) is 1.11. The molecule has 0 bridgehead atoms. The van der Waals surface area contributed by atoms with Gasteiger partial charge in [-0.1, -0.05) is 12.1 Å². The first-order valence-electron chi connectivity index (χ1n) is 7.76. The third-order valence-corrected chi connectivity index (χ3v) is 3.18. The topological polar surface area (TPSA) is 111 Å². The van der Waals surface area contributed by atoms with E-state index in [1.165, 1.54) is 6.20 Å². The first-order valence-corrected chi connectivity index (χ1v) is 7.76. The molecule has 2 aromatic heterocycles. The van der Waals surface area contributed by atoms with Gasteiger partial charge in [0.25, 0.3) is 0 Å². The van der Waals surface area contributed by atoms with Crippen LogP contribution in [0.25, 0.3) is 11.5 Å². The Balaban J connectivity index is 2.07. The minimum absolute atomic E-state index is 0.0913. The van der Waals surface area contributed by atoms with Crippen LogP contribution in [-0.2, 0) is 4.74 Å². The van der Waals surface area contributed by atoms with E-state index >= 15 is 0 Å². The van der Waals surface area contributed by atoms with Crippen LogP contribution >= 0.6 is 0 Å². The van der Waals surface area contributed by atoms with E-state index in [4.69, 9.17) is 13.7 Å². The van der Waals surface area contributed by atoms with Crippen LogP contribution in [0.2, 0.25) is 0 Å². The fourth-order valence-corrected chi connectivity index (χ4v) is 2.06. The summed E-state index contributed by atoms with van der Waals surface area (Å²) in [7, 11) is 0. The van der Waals surface area contributed by atoms with Gasteiger partial charge >= 0.3 is 6.09 Å². The molecule has 2 aromatic rings. The lowest BCUT2D eigenvalue weighted by molar-refractivity contribution is 0.0386. The SMILES string of the molecule is CCC(NC(=O)OC(C)(C)C)C(O)c1ncc(-c2cc(C)on2)o1. The molecular weight excluding hydrogens is 314 g/mol. The second-order valence-electron chi connectivity index (χ2n) is 6.49. The summed E-state index contributed by atoms with van der Waals surface area (Å²) < 4.78 is 15.7. The molecule has 2 rings (SSSR count). The summed E-state index contributed by atoms with van der Waals surface area (Å²) in [6.45, 7) is 8.90. The molecule has 0 aliphatic heterocycles.